The molecular formula is C53H89N11O11. The second kappa shape index (κ2) is 33.7. The maximum atomic E-state index is 14.5. The standard InChI is InChI=1S/C53H89N11O11/c1-31(2)25-44-53(75)63-43(17-22-57)52(74)62-42(16-21-56)47(69)29-39(33(4)66)50(72)59-24-18-36(27-45(67)41(15-20-55)61-51(73)38(32(3)65)13-12-35-11-8-23-58-30-35)48(70)60-40(14-19-54)46(68)28-37(49(71)64-44)26-34-9-6-5-7-10-34/h5-7,9-10,31-33,35-44,58,65-66H,8,11-30,54-57H2,1-4H3,(H,59,72)(H,60,70)(H,61,73)(H,62,74)(H,63,75)(H,64,71)/t32?,33?,35-,36-,37+,38+,39+,40+,41+,42+,43+,44+/m1/s1. The van der Waals surface area contributed by atoms with Crippen LogP contribution in [-0.4, -0.2) is 151 Å². The van der Waals surface area contributed by atoms with Crippen molar-refractivity contribution in [3.8, 4) is 0 Å². The summed E-state index contributed by atoms with van der Waals surface area (Å²) < 4.78 is 0. The average Bonchev–Trinajstić information content (AvgIpc) is 3.36. The lowest BCUT2D eigenvalue weighted by molar-refractivity contribution is -0.136. The number of rotatable bonds is 22. The van der Waals surface area contributed by atoms with Crippen LogP contribution >= 0.6 is 0 Å². The van der Waals surface area contributed by atoms with Crippen LogP contribution in [-0.2, 0) is 49.6 Å². The fourth-order valence-corrected chi connectivity index (χ4v) is 9.75. The van der Waals surface area contributed by atoms with Crippen LogP contribution in [0.15, 0.2) is 30.3 Å². The van der Waals surface area contributed by atoms with E-state index in [1.165, 1.54) is 13.8 Å². The molecule has 2 fully saturated rings. The molecule has 2 saturated heterocycles. The fraction of sp³-hybridized carbons (Fsp3) is 0.717. The number of aliphatic hydroxyl groups excluding tert-OH is 2. The van der Waals surface area contributed by atoms with Gasteiger partial charge >= 0.3 is 0 Å². The van der Waals surface area contributed by atoms with Gasteiger partial charge in [-0.3, -0.25) is 43.2 Å². The van der Waals surface area contributed by atoms with Gasteiger partial charge in [0, 0.05) is 37.6 Å². The van der Waals surface area contributed by atoms with Crippen LogP contribution in [0.1, 0.15) is 117 Å². The van der Waals surface area contributed by atoms with Crippen LogP contribution in [0.3, 0.4) is 0 Å². The van der Waals surface area contributed by atoms with Gasteiger partial charge in [0.2, 0.25) is 35.4 Å². The molecule has 2 aliphatic rings. The molecule has 22 nitrogen and oxygen atoms in total. The van der Waals surface area contributed by atoms with Crippen LogP contribution in [0, 0.1) is 35.5 Å². The number of nitrogens with one attached hydrogen (secondary N) is 7. The zero-order valence-electron chi connectivity index (χ0n) is 44.6. The Bertz CT molecular complexity index is 2000. The average molecular weight is 1060 g/mol. The molecule has 0 radical (unpaired) electrons. The van der Waals surface area contributed by atoms with Crippen molar-refractivity contribution in [2.75, 3.05) is 45.8 Å². The number of hydrogen-bond donors (Lipinski definition) is 13. The number of nitrogens with two attached hydrogens (primary N) is 4. The van der Waals surface area contributed by atoms with E-state index in [0.29, 0.717) is 24.3 Å². The lowest BCUT2D eigenvalue weighted by Gasteiger charge is -2.28. The Morgan fingerprint density at radius 3 is 1.80 bits per heavy atom. The highest BCUT2D eigenvalue weighted by atomic mass is 16.3. The second-order valence-corrected chi connectivity index (χ2v) is 20.9. The van der Waals surface area contributed by atoms with Crippen LogP contribution in [0.5, 0.6) is 0 Å². The minimum absolute atomic E-state index is 0.00304. The Morgan fingerprint density at radius 2 is 1.23 bits per heavy atom. The van der Waals surface area contributed by atoms with Crippen molar-refractivity contribution >= 4 is 52.8 Å². The topological polar surface area (TPSA) is 382 Å². The molecule has 2 unspecified atom stereocenters. The van der Waals surface area contributed by atoms with Crippen LogP contribution in [0.4, 0.5) is 0 Å². The molecule has 12 atom stereocenters. The molecule has 6 amide bonds. The maximum Gasteiger partial charge on any atom is 0.243 e. The summed E-state index contributed by atoms with van der Waals surface area (Å²) in [5.74, 6) is -10.3. The Morgan fingerprint density at radius 1 is 0.653 bits per heavy atom. The number of carbonyl (C=O) groups excluding carboxylic acids is 9. The summed E-state index contributed by atoms with van der Waals surface area (Å²) in [6.07, 6.45) is -1.03. The summed E-state index contributed by atoms with van der Waals surface area (Å²) in [6.45, 7) is 7.76. The molecular weight excluding hydrogens is 967 g/mol. The summed E-state index contributed by atoms with van der Waals surface area (Å²) in [7, 11) is 0. The van der Waals surface area contributed by atoms with Gasteiger partial charge in [0.05, 0.1) is 42.2 Å². The summed E-state index contributed by atoms with van der Waals surface area (Å²) >= 11 is 0. The van der Waals surface area contributed by atoms with Crippen molar-refractivity contribution in [1.82, 2.24) is 37.2 Å². The number of ketones is 3. The van der Waals surface area contributed by atoms with E-state index in [2.05, 4.69) is 37.2 Å². The fourth-order valence-electron chi connectivity index (χ4n) is 9.75. The van der Waals surface area contributed by atoms with Gasteiger partial charge in [0.1, 0.15) is 12.1 Å². The van der Waals surface area contributed by atoms with E-state index in [4.69, 9.17) is 22.9 Å². The largest absolute Gasteiger partial charge is 0.393 e. The van der Waals surface area contributed by atoms with E-state index in [-0.39, 0.29) is 83.6 Å². The molecule has 0 aliphatic carbocycles. The van der Waals surface area contributed by atoms with Crippen LogP contribution in [0.2, 0.25) is 0 Å². The Balaban J connectivity index is 2.09. The molecule has 3 rings (SSSR count). The molecule has 1 aromatic carbocycles. The zero-order valence-corrected chi connectivity index (χ0v) is 44.6. The summed E-state index contributed by atoms with van der Waals surface area (Å²) in [4.78, 5) is 127. The van der Waals surface area contributed by atoms with Gasteiger partial charge in [-0.05, 0) is 141 Å². The van der Waals surface area contributed by atoms with Crippen LogP contribution in [0.25, 0.3) is 0 Å². The van der Waals surface area contributed by atoms with Crippen molar-refractivity contribution < 1.29 is 53.4 Å². The second-order valence-electron chi connectivity index (χ2n) is 20.9. The number of Topliss-reactive ketones (excluding diaryl/α,β-unsaturated/α-hetero) is 3. The van der Waals surface area contributed by atoms with E-state index in [1.807, 2.05) is 13.8 Å². The molecule has 0 spiro atoms. The third kappa shape index (κ3) is 22.1. The van der Waals surface area contributed by atoms with Crippen molar-refractivity contribution in [3.05, 3.63) is 35.9 Å². The number of carbonyl (C=O) groups is 9. The first kappa shape index (κ1) is 64.1. The molecule has 2 aliphatic heterocycles. The number of aliphatic hydroxyl groups is 2. The third-order valence-corrected chi connectivity index (χ3v) is 14.2. The summed E-state index contributed by atoms with van der Waals surface area (Å²) in [5, 5.41) is 41.2. The number of piperidine rings is 1. The quantitative estimate of drug-likeness (QED) is 0.0628. The normalized spacial score (nSPS) is 26.1. The molecule has 0 aromatic heterocycles. The SMILES string of the molecule is CC(C)C[C@@H]1NC(=O)[C@@H](Cc2ccccc2)CC(=O)[C@H](CCN)NC(=O)[C@@H](CC(=O)[C@H](CCN)NC(=O)[C@@H](CC[C@H]2CCCNC2)C(C)O)CCNC(=O)[C@H](C(C)O)CC(=O)[C@H](CCN)NC(=O)[C@H](CCN)NC1=O. The highest BCUT2D eigenvalue weighted by molar-refractivity contribution is 5.98. The van der Waals surface area contributed by atoms with E-state index in [1.54, 1.807) is 30.3 Å². The van der Waals surface area contributed by atoms with E-state index in [0.717, 1.165) is 25.9 Å². The monoisotopic (exact) mass is 1060 g/mol. The first-order valence-electron chi connectivity index (χ1n) is 27.0. The van der Waals surface area contributed by atoms with E-state index in [9.17, 15) is 53.4 Å². The molecule has 1 aromatic rings. The third-order valence-electron chi connectivity index (χ3n) is 14.2. The maximum absolute atomic E-state index is 14.5. The molecule has 75 heavy (non-hydrogen) atoms. The molecule has 0 bridgehead atoms. The van der Waals surface area contributed by atoms with Gasteiger partial charge < -0.3 is 70.4 Å². The van der Waals surface area contributed by atoms with E-state index < -0.39 is 138 Å². The first-order valence-corrected chi connectivity index (χ1v) is 27.0. The minimum Gasteiger partial charge on any atom is -0.393 e. The highest BCUT2D eigenvalue weighted by Gasteiger charge is 2.37. The van der Waals surface area contributed by atoms with Gasteiger partial charge in [-0.1, -0.05) is 44.2 Å². The van der Waals surface area contributed by atoms with Gasteiger partial charge in [-0.15, -0.1) is 0 Å². The lowest BCUT2D eigenvalue weighted by Crippen LogP contribution is -2.57. The molecule has 17 N–H and O–H groups in total. The van der Waals surface area contributed by atoms with Crippen molar-refractivity contribution in [2.45, 2.75) is 160 Å². The number of amides is 6. The number of hydrogen-bond acceptors (Lipinski definition) is 16. The van der Waals surface area contributed by atoms with Crippen molar-refractivity contribution in [3.63, 3.8) is 0 Å². The molecule has 0 saturated carbocycles. The Hall–Kier alpha value is -5.23. The van der Waals surface area contributed by atoms with Crippen molar-refractivity contribution in [2.24, 2.45) is 58.4 Å². The van der Waals surface area contributed by atoms with Gasteiger partial charge in [-0.25, -0.2) is 0 Å². The van der Waals surface area contributed by atoms with Gasteiger partial charge in [0.15, 0.2) is 17.3 Å². The van der Waals surface area contributed by atoms with Crippen molar-refractivity contribution in [1.29, 1.82) is 0 Å². The minimum atomic E-state index is -1.38. The lowest BCUT2D eigenvalue weighted by atomic mass is 9.87. The Kier molecular flexibility index (Phi) is 28.8. The summed E-state index contributed by atoms with van der Waals surface area (Å²) in [6, 6.07) is 2.76. The molecule has 422 valence electrons. The predicted octanol–water partition coefficient (Wildman–Crippen LogP) is -1.50. The zero-order chi connectivity index (χ0) is 55.6. The summed E-state index contributed by atoms with van der Waals surface area (Å²) in [5.41, 5.74) is 24.4. The molecule has 2 heterocycles. The van der Waals surface area contributed by atoms with Gasteiger partial charge in [0.25, 0.3) is 0 Å². The van der Waals surface area contributed by atoms with Crippen LogP contribution < -0.4 is 60.2 Å². The smallest absolute Gasteiger partial charge is 0.243 e. The number of benzene rings is 1. The highest BCUT2D eigenvalue weighted by Crippen LogP contribution is 2.23. The molecule has 22 heteroatoms. The van der Waals surface area contributed by atoms with E-state index >= 15 is 0 Å². The van der Waals surface area contributed by atoms with Gasteiger partial charge in [-0.2, -0.15) is 0 Å². The predicted molar refractivity (Wildman–Crippen MR) is 283 cm³/mol. The first-order chi connectivity index (χ1) is 35.7. The Labute approximate surface area is 442 Å².